The highest BCUT2D eigenvalue weighted by atomic mass is 79.9. The van der Waals surface area contributed by atoms with Crippen molar-refractivity contribution >= 4 is 38.9 Å². The standard InChI is InChI=1S/C14H13BrClFS/c1-7-5-13(18-9(7)3)14(15)10-4-8(2)12(17)6-11(10)16/h4-6,14H,1-3H3. The molecule has 0 saturated carbocycles. The molecule has 2 rings (SSSR count). The summed E-state index contributed by atoms with van der Waals surface area (Å²) in [7, 11) is 0. The Morgan fingerprint density at radius 1 is 1.17 bits per heavy atom. The van der Waals surface area contributed by atoms with Crippen molar-refractivity contribution in [2.45, 2.75) is 25.6 Å². The molecule has 0 amide bonds. The molecule has 1 unspecified atom stereocenters. The molecule has 0 spiro atoms. The summed E-state index contributed by atoms with van der Waals surface area (Å²) >= 11 is 11.5. The molecule has 4 heteroatoms. The van der Waals surface area contributed by atoms with Gasteiger partial charge in [-0.05, 0) is 49.6 Å². The molecule has 0 nitrogen and oxygen atoms in total. The summed E-state index contributed by atoms with van der Waals surface area (Å²) in [4.78, 5) is 2.50. The molecule has 1 heterocycles. The van der Waals surface area contributed by atoms with Gasteiger partial charge in [-0.15, -0.1) is 11.3 Å². The highest BCUT2D eigenvalue weighted by Crippen LogP contribution is 2.40. The molecule has 0 radical (unpaired) electrons. The van der Waals surface area contributed by atoms with Crippen LogP contribution < -0.4 is 0 Å². The number of alkyl halides is 1. The lowest BCUT2D eigenvalue weighted by molar-refractivity contribution is 0.618. The lowest BCUT2D eigenvalue weighted by Gasteiger charge is -2.12. The molecular formula is C14H13BrClFS. The first-order valence-corrected chi connectivity index (χ1v) is 7.67. The zero-order valence-corrected chi connectivity index (χ0v) is 13.5. The first kappa shape index (κ1) is 14.0. The maximum atomic E-state index is 13.4. The molecule has 0 aliphatic rings. The smallest absolute Gasteiger partial charge is 0.127 e. The predicted octanol–water partition coefficient (Wildman–Crippen LogP) is 5.95. The van der Waals surface area contributed by atoms with E-state index < -0.39 is 0 Å². The van der Waals surface area contributed by atoms with E-state index in [0.717, 1.165) is 5.56 Å². The van der Waals surface area contributed by atoms with Gasteiger partial charge in [0.15, 0.2) is 0 Å². The van der Waals surface area contributed by atoms with Crippen LogP contribution >= 0.6 is 38.9 Å². The van der Waals surface area contributed by atoms with Gasteiger partial charge in [0.05, 0.1) is 4.83 Å². The fourth-order valence-corrected chi connectivity index (χ4v) is 3.98. The molecule has 2 aromatic rings. The van der Waals surface area contributed by atoms with Crippen molar-refractivity contribution < 1.29 is 4.39 Å². The van der Waals surface area contributed by atoms with Crippen LogP contribution in [0.15, 0.2) is 18.2 Å². The minimum atomic E-state index is -0.262. The largest absolute Gasteiger partial charge is 0.207 e. The summed E-state index contributed by atoms with van der Waals surface area (Å²) in [6.45, 7) is 5.94. The van der Waals surface area contributed by atoms with Gasteiger partial charge in [-0.3, -0.25) is 0 Å². The minimum Gasteiger partial charge on any atom is -0.207 e. The molecule has 1 atom stereocenters. The Morgan fingerprint density at radius 3 is 2.39 bits per heavy atom. The normalized spacial score (nSPS) is 12.8. The molecule has 96 valence electrons. The molecular weight excluding hydrogens is 335 g/mol. The van der Waals surface area contributed by atoms with Gasteiger partial charge in [0.1, 0.15) is 5.82 Å². The number of aryl methyl sites for hydroxylation is 3. The Labute approximate surface area is 124 Å². The van der Waals surface area contributed by atoms with Crippen molar-refractivity contribution in [3.63, 3.8) is 0 Å². The summed E-state index contributed by atoms with van der Waals surface area (Å²) in [5, 5.41) is 0.462. The Morgan fingerprint density at radius 2 is 1.83 bits per heavy atom. The minimum absolute atomic E-state index is 0.0155. The highest BCUT2D eigenvalue weighted by molar-refractivity contribution is 9.09. The van der Waals surface area contributed by atoms with Gasteiger partial charge >= 0.3 is 0 Å². The van der Waals surface area contributed by atoms with Crippen LogP contribution in [0.5, 0.6) is 0 Å². The van der Waals surface area contributed by atoms with Gasteiger partial charge in [0.25, 0.3) is 0 Å². The average Bonchev–Trinajstić information content (AvgIpc) is 2.63. The van der Waals surface area contributed by atoms with Gasteiger partial charge in [-0.1, -0.05) is 33.6 Å². The van der Waals surface area contributed by atoms with Crippen LogP contribution in [0.2, 0.25) is 5.02 Å². The van der Waals surface area contributed by atoms with E-state index in [4.69, 9.17) is 11.6 Å². The van der Waals surface area contributed by atoms with Crippen LogP contribution in [0, 0.1) is 26.6 Å². The first-order chi connectivity index (χ1) is 8.40. The highest BCUT2D eigenvalue weighted by Gasteiger charge is 2.18. The maximum Gasteiger partial charge on any atom is 0.127 e. The fraction of sp³-hybridized carbons (Fsp3) is 0.286. The number of halogens is 3. The Hall–Kier alpha value is -0.380. The van der Waals surface area contributed by atoms with E-state index in [1.54, 1.807) is 18.3 Å². The third-order valence-electron chi connectivity index (χ3n) is 2.99. The number of rotatable bonds is 2. The average molecular weight is 348 g/mol. The second-order valence-electron chi connectivity index (χ2n) is 4.37. The van der Waals surface area contributed by atoms with Crippen molar-refractivity contribution in [1.29, 1.82) is 0 Å². The van der Waals surface area contributed by atoms with Gasteiger partial charge in [-0.2, -0.15) is 0 Å². The third-order valence-corrected chi connectivity index (χ3v) is 5.82. The van der Waals surface area contributed by atoms with E-state index in [2.05, 4.69) is 35.8 Å². The molecule has 0 saturated heterocycles. The summed E-state index contributed by atoms with van der Waals surface area (Å²) < 4.78 is 13.4. The van der Waals surface area contributed by atoms with E-state index >= 15 is 0 Å². The summed E-state index contributed by atoms with van der Waals surface area (Å²) in [6, 6.07) is 5.34. The lowest BCUT2D eigenvalue weighted by Crippen LogP contribution is -1.94. The zero-order valence-electron chi connectivity index (χ0n) is 10.4. The molecule has 0 aliphatic carbocycles. The molecule has 0 fully saturated rings. The number of hydrogen-bond donors (Lipinski definition) is 0. The Bertz CT molecular complexity index is 572. The van der Waals surface area contributed by atoms with E-state index in [-0.39, 0.29) is 10.6 Å². The second-order valence-corrected chi connectivity index (χ2v) is 6.98. The van der Waals surface area contributed by atoms with E-state index in [1.165, 1.54) is 21.4 Å². The van der Waals surface area contributed by atoms with Crippen LogP contribution in [0.25, 0.3) is 0 Å². The number of benzene rings is 1. The third kappa shape index (κ3) is 2.63. The van der Waals surface area contributed by atoms with E-state index in [1.807, 2.05) is 6.07 Å². The molecule has 1 aromatic carbocycles. The van der Waals surface area contributed by atoms with Crippen LogP contribution in [0.1, 0.15) is 31.3 Å². The number of thiophene rings is 1. The molecule has 0 aliphatic heterocycles. The van der Waals surface area contributed by atoms with Crippen molar-refractivity contribution in [1.82, 2.24) is 0 Å². The summed E-state index contributed by atoms with van der Waals surface area (Å²) in [5.74, 6) is -0.262. The van der Waals surface area contributed by atoms with Crippen molar-refractivity contribution in [3.05, 3.63) is 55.5 Å². The molecule has 0 bridgehead atoms. The van der Waals surface area contributed by atoms with Gasteiger partial charge in [-0.25, -0.2) is 4.39 Å². The quantitative estimate of drug-likeness (QED) is 0.589. The van der Waals surface area contributed by atoms with Crippen molar-refractivity contribution in [2.75, 3.05) is 0 Å². The van der Waals surface area contributed by atoms with Crippen LogP contribution in [-0.4, -0.2) is 0 Å². The Balaban J connectivity index is 2.45. The van der Waals surface area contributed by atoms with Gasteiger partial charge in [0.2, 0.25) is 0 Å². The lowest BCUT2D eigenvalue weighted by atomic mass is 10.1. The molecule has 18 heavy (non-hydrogen) atoms. The van der Waals surface area contributed by atoms with E-state index in [0.29, 0.717) is 10.6 Å². The zero-order chi connectivity index (χ0) is 13.4. The summed E-state index contributed by atoms with van der Waals surface area (Å²) in [5.41, 5.74) is 2.80. The van der Waals surface area contributed by atoms with Crippen LogP contribution in [-0.2, 0) is 0 Å². The van der Waals surface area contributed by atoms with Crippen LogP contribution in [0.4, 0.5) is 4.39 Å². The predicted molar refractivity (Wildman–Crippen MR) is 80.7 cm³/mol. The fourth-order valence-electron chi connectivity index (χ4n) is 1.75. The van der Waals surface area contributed by atoms with E-state index in [9.17, 15) is 4.39 Å². The topological polar surface area (TPSA) is 0 Å². The summed E-state index contributed by atoms with van der Waals surface area (Å²) in [6.07, 6.45) is 0. The van der Waals surface area contributed by atoms with Crippen molar-refractivity contribution in [3.8, 4) is 0 Å². The van der Waals surface area contributed by atoms with Crippen molar-refractivity contribution in [2.24, 2.45) is 0 Å². The Kier molecular flexibility index (Phi) is 4.15. The maximum absolute atomic E-state index is 13.4. The first-order valence-electron chi connectivity index (χ1n) is 5.56. The molecule has 1 aromatic heterocycles. The monoisotopic (exact) mass is 346 g/mol. The van der Waals surface area contributed by atoms with Gasteiger partial charge < -0.3 is 0 Å². The van der Waals surface area contributed by atoms with Crippen LogP contribution in [0.3, 0.4) is 0 Å². The van der Waals surface area contributed by atoms with Gasteiger partial charge in [0, 0.05) is 14.8 Å². The SMILES string of the molecule is Cc1cc(C(Br)c2cc(C)c(C)s2)c(Cl)cc1F. The molecule has 0 N–H and O–H groups in total. The number of hydrogen-bond acceptors (Lipinski definition) is 1. The second kappa shape index (κ2) is 5.32.